The Morgan fingerprint density at radius 2 is 1.69 bits per heavy atom. The normalized spacial score (nSPS) is 25.4. The van der Waals surface area contributed by atoms with E-state index in [2.05, 4.69) is 33.8 Å². The molecular weight excluding hydrogens is 364 g/mol. The second-order valence-electron chi connectivity index (χ2n) is 9.93. The topological polar surface area (TPSA) is 64.2 Å². The Hall–Kier alpha value is -2.42. The maximum atomic E-state index is 12.4. The molecule has 0 saturated carbocycles. The van der Waals surface area contributed by atoms with E-state index in [1.807, 2.05) is 41.8 Å². The summed E-state index contributed by atoms with van der Waals surface area (Å²) in [5, 5.41) is 10.1. The Morgan fingerprint density at radius 1 is 1.07 bits per heavy atom. The van der Waals surface area contributed by atoms with E-state index in [1.54, 1.807) is 0 Å². The molecule has 1 unspecified atom stereocenters. The van der Waals surface area contributed by atoms with E-state index in [0.717, 1.165) is 28.8 Å². The number of aldehydes is 1. The summed E-state index contributed by atoms with van der Waals surface area (Å²) in [6.07, 6.45) is 0.947. The molecule has 0 amide bonds. The van der Waals surface area contributed by atoms with Gasteiger partial charge in [0.2, 0.25) is 0 Å². The fourth-order valence-electron chi connectivity index (χ4n) is 5.05. The number of carbonyl (C=O) groups is 1. The van der Waals surface area contributed by atoms with Crippen LogP contribution in [0.1, 0.15) is 74.6 Å². The lowest BCUT2D eigenvalue weighted by Gasteiger charge is -2.36. The molecule has 1 aromatic heterocycles. The molecular formula is C24H28N2O3. The van der Waals surface area contributed by atoms with Crippen molar-refractivity contribution in [3.63, 3.8) is 0 Å². The molecule has 0 N–H and O–H groups in total. The number of carbonyl (C=O) groups excluding carboxylic acids is 1. The van der Waals surface area contributed by atoms with E-state index in [-0.39, 0.29) is 10.8 Å². The molecule has 1 fully saturated rings. The molecule has 1 atom stereocenters. The minimum Gasteiger partial charge on any atom is -0.346 e. The molecule has 2 aromatic rings. The summed E-state index contributed by atoms with van der Waals surface area (Å²) >= 11 is 0. The minimum absolute atomic E-state index is 0.0743. The van der Waals surface area contributed by atoms with Crippen LogP contribution in [0.5, 0.6) is 0 Å². The number of hydrogen-bond donors (Lipinski definition) is 0. The van der Waals surface area contributed by atoms with Gasteiger partial charge in [-0.15, -0.1) is 0 Å². The van der Waals surface area contributed by atoms with E-state index < -0.39 is 11.7 Å². The summed E-state index contributed by atoms with van der Waals surface area (Å²) in [6.45, 7) is 11.5. The van der Waals surface area contributed by atoms with Crippen molar-refractivity contribution in [3.05, 3.63) is 52.8 Å². The number of fused-ring (bicyclic) bond motifs is 1. The third kappa shape index (κ3) is 3.02. The van der Waals surface area contributed by atoms with Gasteiger partial charge < -0.3 is 14.0 Å². The summed E-state index contributed by atoms with van der Waals surface area (Å²) in [5.41, 5.74) is 2.96. The second-order valence-corrected chi connectivity index (χ2v) is 9.93. The first-order chi connectivity index (χ1) is 13.6. The van der Waals surface area contributed by atoms with E-state index >= 15 is 0 Å². The highest BCUT2D eigenvalue weighted by atomic mass is 16.7. The maximum absolute atomic E-state index is 12.4. The standard InChI is InChI=1S/C24H28N2O3/c1-22(2)14-28-21(29-15-22)20-19-18(23(3,4)12-24(19,5)13-25)17(11-27)26(20)16-9-7-6-8-10-16/h6-11,21H,12,14-15H2,1-5H3. The molecule has 29 heavy (non-hydrogen) atoms. The van der Waals surface area contributed by atoms with E-state index in [4.69, 9.17) is 9.47 Å². The van der Waals surface area contributed by atoms with Gasteiger partial charge in [-0.25, -0.2) is 0 Å². The van der Waals surface area contributed by atoms with Gasteiger partial charge in [0, 0.05) is 16.7 Å². The Bertz CT molecular complexity index is 987. The van der Waals surface area contributed by atoms with Crippen LogP contribution >= 0.6 is 0 Å². The van der Waals surface area contributed by atoms with Crippen molar-refractivity contribution in [1.82, 2.24) is 4.57 Å². The molecule has 5 nitrogen and oxygen atoms in total. The van der Waals surface area contributed by atoms with Gasteiger partial charge in [0.05, 0.1) is 36.1 Å². The summed E-state index contributed by atoms with van der Waals surface area (Å²) in [4.78, 5) is 12.4. The van der Waals surface area contributed by atoms with Crippen molar-refractivity contribution in [1.29, 1.82) is 5.26 Å². The minimum atomic E-state index is -0.717. The largest absolute Gasteiger partial charge is 0.346 e. The highest BCUT2D eigenvalue weighted by Crippen LogP contribution is 2.55. The van der Waals surface area contributed by atoms with Crippen LogP contribution < -0.4 is 0 Å². The SMILES string of the molecule is CC1(C)COC(c2c3c(c(C=O)n2-c2ccccc2)C(C)(C)CC3(C)C#N)OC1. The zero-order chi connectivity index (χ0) is 21.0. The van der Waals surface area contributed by atoms with Crippen molar-refractivity contribution >= 4 is 6.29 Å². The smallest absolute Gasteiger partial charge is 0.199 e. The second kappa shape index (κ2) is 6.55. The molecule has 0 bridgehead atoms. The Balaban J connectivity index is 2.03. The summed E-state index contributed by atoms with van der Waals surface area (Å²) < 4.78 is 14.3. The molecule has 152 valence electrons. The summed E-state index contributed by atoms with van der Waals surface area (Å²) in [7, 11) is 0. The zero-order valence-corrected chi connectivity index (χ0v) is 17.8. The van der Waals surface area contributed by atoms with Gasteiger partial charge in [-0.2, -0.15) is 5.26 Å². The first-order valence-electron chi connectivity index (χ1n) is 10.1. The molecule has 5 heteroatoms. The van der Waals surface area contributed by atoms with Crippen LogP contribution in [0.15, 0.2) is 30.3 Å². The van der Waals surface area contributed by atoms with Crippen molar-refractivity contribution < 1.29 is 14.3 Å². The zero-order valence-electron chi connectivity index (χ0n) is 17.8. The predicted molar refractivity (Wildman–Crippen MR) is 110 cm³/mol. The lowest BCUT2D eigenvalue weighted by Crippen LogP contribution is -2.35. The first kappa shape index (κ1) is 19.9. The molecule has 0 spiro atoms. The quantitative estimate of drug-likeness (QED) is 0.702. The number of nitriles is 1. The van der Waals surface area contributed by atoms with E-state index in [9.17, 15) is 10.1 Å². The van der Waals surface area contributed by atoms with Crippen LogP contribution in [-0.2, 0) is 20.3 Å². The summed E-state index contributed by atoms with van der Waals surface area (Å²) in [6, 6.07) is 12.3. The average Bonchev–Trinajstić information content (AvgIpc) is 3.14. The Morgan fingerprint density at radius 3 is 2.24 bits per heavy atom. The highest BCUT2D eigenvalue weighted by molar-refractivity contribution is 5.81. The third-order valence-electron chi connectivity index (χ3n) is 6.12. The van der Waals surface area contributed by atoms with E-state index in [1.165, 1.54) is 0 Å². The number of nitrogens with zero attached hydrogens (tertiary/aromatic N) is 2. The van der Waals surface area contributed by atoms with Gasteiger partial charge in [-0.3, -0.25) is 4.79 Å². The first-order valence-corrected chi connectivity index (χ1v) is 10.1. The van der Waals surface area contributed by atoms with Crippen molar-refractivity contribution in [2.45, 2.75) is 58.2 Å². The highest BCUT2D eigenvalue weighted by Gasteiger charge is 2.52. The molecule has 0 radical (unpaired) electrons. The number of hydrogen-bond acceptors (Lipinski definition) is 4. The monoisotopic (exact) mass is 392 g/mol. The summed E-state index contributed by atoms with van der Waals surface area (Å²) in [5.74, 6) is 0. The van der Waals surface area contributed by atoms with Gasteiger partial charge in [-0.05, 0) is 36.5 Å². The van der Waals surface area contributed by atoms with Crippen molar-refractivity contribution in [2.24, 2.45) is 5.41 Å². The number of ether oxygens (including phenoxy) is 2. The Kier molecular flexibility index (Phi) is 4.49. The maximum Gasteiger partial charge on any atom is 0.199 e. The van der Waals surface area contributed by atoms with Gasteiger partial charge in [-0.1, -0.05) is 45.9 Å². The van der Waals surface area contributed by atoms with E-state index in [0.29, 0.717) is 25.3 Å². The molecule has 2 heterocycles. The average molecular weight is 392 g/mol. The van der Waals surface area contributed by atoms with Crippen molar-refractivity contribution in [2.75, 3.05) is 13.2 Å². The molecule has 1 aliphatic carbocycles. The number of rotatable bonds is 3. The number of benzene rings is 1. The van der Waals surface area contributed by atoms with Crippen LogP contribution in [0, 0.1) is 16.7 Å². The van der Waals surface area contributed by atoms with Gasteiger partial charge in [0.25, 0.3) is 0 Å². The third-order valence-corrected chi connectivity index (χ3v) is 6.12. The molecule has 1 aromatic carbocycles. The lowest BCUT2D eigenvalue weighted by atomic mass is 9.80. The van der Waals surface area contributed by atoms with Crippen LogP contribution in [0.3, 0.4) is 0 Å². The van der Waals surface area contributed by atoms with Crippen LogP contribution in [0.4, 0.5) is 0 Å². The number of aromatic nitrogens is 1. The van der Waals surface area contributed by atoms with Crippen LogP contribution in [0.25, 0.3) is 5.69 Å². The fraction of sp³-hybridized carbons (Fsp3) is 0.500. The van der Waals surface area contributed by atoms with Crippen LogP contribution in [0.2, 0.25) is 0 Å². The Labute approximate surface area is 172 Å². The van der Waals surface area contributed by atoms with Gasteiger partial charge in [0.15, 0.2) is 12.6 Å². The lowest BCUT2D eigenvalue weighted by molar-refractivity contribution is -0.228. The molecule has 2 aliphatic rings. The van der Waals surface area contributed by atoms with Crippen LogP contribution in [-0.4, -0.2) is 24.1 Å². The van der Waals surface area contributed by atoms with Gasteiger partial charge in [0.1, 0.15) is 0 Å². The molecule has 1 saturated heterocycles. The molecule has 4 rings (SSSR count). The number of para-hydroxylation sites is 1. The predicted octanol–water partition coefficient (Wildman–Crippen LogP) is 4.82. The molecule has 1 aliphatic heterocycles. The fourth-order valence-corrected chi connectivity index (χ4v) is 5.05. The van der Waals surface area contributed by atoms with Crippen molar-refractivity contribution in [3.8, 4) is 11.8 Å². The van der Waals surface area contributed by atoms with Gasteiger partial charge >= 0.3 is 0 Å².